The molecule has 22 heavy (non-hydrogen) atoms. The van der Waals surface area contributed by atoms with Crippen LogP contribution >= 0.6 is 0 Å². The van der Waals surface area contributed by atoms with E-state index in [4.69, 9.17) is 0 Å². The Labute approximate surface area is 128 Å². The molecule has 8 nitrogen and oxygen atoms in total. The molecule has 0 radical (unpaired) electrons. The molecule has 3 N–H and O–H groups in total. The number of aromatic nitrogens is 3. The Hall–Kier alpha value is -2.35. The maximum absolute atomic E-state index is 11.5. The van der Waals surface area contributed by atoms with Gasteiger partial charge in [-0.15, -0.1) is 5.10 Å². The molecule has 0 aliphatic carbocycles. The Bertz CT molecular complexity index is 668. The Balaban J connectivity index is 1.77. The number of urea groups is 1. The lowest BCUT2D eigenvalue weighted by atomic mass is 10.3. The molecular formula is C14H21N7O. The number of carbonyl (C=O) groups is 1. The van der Waals surface area contributed by atoms with Crippen LogP contribution in [0.5, 0.6) is 0 Å². The summed E-state index contributed by atoms with van der Waals surface area (Å²) in [5.41, 5.74) is 0.708. The Kier molecular flexibility index (Phi) is 4.10. The van der Waals surface area contributed by atoms with E-state index in [-0.39, 0.29) is 6.03 Å². The fraction of sp³-hybridized carbons (Fsp3) is 0.500. The van der Waals surface area contributed by atoms with Crippen molar-refractivity contribution in [2.75, 3.05) is 36.9 Å². The lowest BCUT2D eigenvalue weighted by Gasteiger charge is -2.16. The first-order valence-corrected chi connectivity index (χ1v) is 7.53. The van der Waals surface area contributed by atoms with E-state index in [0.717, 1.165) is 25.3 Å². The second kappa shape index (κ2) is 6.18. The van der Waals surface area contributed by atoms with Crippen LogP contribution in [-0.4, -0.2) is 53.4 Å². The molecular weight excluding hydrogens is 282 g/mol. The number of amides is 2. The lowest BCUT2D eigenvalue weighted by molar-refractivity contribution is 0.252. The third kappa shape index (κ3) is 2.96. The predicted molar refractivity (Wildman–Crippen MR) is 85.4 cm³/mol. The number of carbonyl (C=O) groups excluding carboxylic acids is 1. The summed E-state index contributed by atoms with van der Waals surface area (Å²) in [6, 6.07) is 4.13. The van der Waals surface area contributed by atoms with Gasteiger partial charge in [-0.1, -0.05) is 0 Å². The van der Waals surface area contributed by atoms with Crippen molar-refractivity contribution >= 4 is 23.3 Å². The average molecular weight is 303 g/mol. The van der Waals surface area contributed by atoms with Crippen LogP contribution < -0.4 is 20.9 Å². The first-order valence-electron chi connectivity index (χ1n) is 7.53. The highest BCUT2D eigenvalue weighted by Crippen LogP contribution is 2.19. The molecule has 118 valence electrons. The van der Waals surface area contributed by atoms with Gasteiger partial charge in [0.15, 0.2) is 11.5 Å². The zero-order chi connectivity index (χ0) is 15.5. The average Bonchev–Trinajstić information content (AvgIpc) is 3.12. The van der Waals surface area contributed by atoms with E-state index in [1.54, 1.807) is 10.7 Å². The van der Waals surface area contributed by atoms with Gasteiger partial charge in [-0.05, 0) is 32.5 Å². The number of nitrogens with one attached hydrogen (secondary N) is 3. The minimum atomic E-state index is -0.262. The third-order valence-electron chi connectivity index (χ3n) is 3.81. The minimum absolute atomic E-state index is 0.262. The molecule has 1 unspecified atom stereocenters. The molecule has 3 heterocycles. The third-order valence-corrected chi connectivity index (χ3v) is 3.81. The summed E-state index contributed by atoms with van der Waals surface area (Å²) in [7, 11) is 1.99. The van der Waals surface area contributed by atoms with E-state index in [2.05, 4.69) is 30.9 Å². The summed E-state index contributed by atoms with van der Waals surface area (Å²) in [5, 5.41) is 13.2. The van der Waals surface area contributed by atoms with Crippen LogP contribution in [0.15, 0.2) is 18.3 Å². The summed E-state index contributed by atoms with van der Waals surface area (Å²) < 4.78 is 1.70. The van der Waals surface area contributed by atoms with Crippen LogP contribution in [0.3, 0.4) is 0 Å². The van der Waals surface area contributed by atoms with Crippen molar-refractivity contribution in [2.45, 2.75) is 19.4 Å². The van der Waals surface area contributed by atoms with Gasteiger partial charge in [0, 0.05) is 25.7 Å². The van der Waals surface area contributed by atoms with Crippen molar-refractivity contribution in [1.29, 1.82) is 0 Å². The van der Waals surface area contributed by atoms with Crippen LogP contribution in [0.4, 0.5) is 16.4 Å². The van der Waals surface area contributed by atoms with Crippen LogP contribution in [0.1, 0.15) is 13.3 Å². The summed E-state index contributed by atoms with van der Waals surface area (Å²) >= 11 is 0. The normalized spacial score (nSPS) is 17.9. The van der Waals surface area contributed by atoms with Crippen molar-refractivity contribution in [1.82, 2.24) is 25.2 Å². The Morgan fingerprint density at radius 1 is 1.45 bits per heavy atom. The lowest BCUT2D eigenvalue weighted by Crippen LogP contribution is -2.30. The first kappa shape index (κ1) is 14.6. The van der Waals surface area contributed by atoms with E-state index < -0.39 is 0 Å². The van der Waals surface area contributed by atoms with E-state index >= 15 is 0 Å². The molecule has 8 heteroatoms. The van der Waals surface area contributed by atoms with Crippen molar-refractivity contribution in [3.8, 4) is 0 Å². The number of rotatable bonds is 4. The van der Waals surface area contributed by atoms with Crippen molar-refractivity contribution in [3.63, 3.8) is 0 Å². The largest absolute Gasteiger partial charge is 0.354 e. The highest BCUT2D eigenvalue weighted by Gasteiger charge is 2.22. The molecule has 1 saturated heterocycles. The first-order chi connectivity index (χ1) is 10.7. The van der Waals surface area contributed by atoms with Crippen LogP contribution in [-0.2, 0) is 0 Å². The molecule has 1 aliphatic heterocycles. The molecule has 0 aromatic carbocycles. The molecule has 0 bridgehead atoms. The molecule has 1 atom stereocenters. The smallest absolute Gasteiger partial charge is 0.320 e. The van der Waals surface area contributed by atoms with Gasteiger partial charge in [0.2, 0.25) is 0 Å². The standard InChI is InChI=1S/C14H21N7O/c1-3-16-14(22)18-11-9-21-12(17-11)4-5-13(19-21)20-7-6-10(8-20)15-2/h4-5,9-10,15H,3,6-8H2,1-2H3,(H2,16,18,22). The molecule has 3 rings (SSSR count). The molecule has 1 fully saturated rings. The molecule has 2 aromatic heterocycles. The number of imidazole rings is 1. The van der Waals surface area contributed by atoms with Crippen molar-refractivity contribution in [2.24, 2.45) is 0 Å². The molecule has 0 saturated carbocycles. The Morgan fingerprint density at radius 3 is 3.05 bits per heavy atom. The summed E-state index contributed by atoms with van der Waals surface area (Å²) in [4.78, 5) is 18.1. The second-order valence-corrected chi connectivity index (χ2v) is 5.33. The Morgan fingerprint density at radius 2 is 2.32 bits per heavy atom. The molecule has 2 amide bonds. The van der Waals surface area contributed by atoms with E-state index in [9.17, 15) is 4.79 Å². The van der Waals surface area contributed by atoms with E-state index in [1.165, 1.54) is 0 Å². The number of hydrogen-bond acceptors (Lipinski definition) is 5. The van der Waals surface area contributed by atoms with Gasteiger partial charge in [-0.25, -0.2) is 14.3 Å². The quantitative estimate of drug-likeness (QED) is 0.773. The topological polar surface area (TPSA) is 86.6 Å². The maximum atomic E-state index is 11.5. The number of likely N-dealkylation sites (N-methyl/N-ethyl adjacent to an activating group) is 1. The van der Waals surface area contributed by atoms with Gasteiger partial charge < -0.3 is 15.5 Å². The number of hydrogen-bond donors (Lipinski definition) is 3. The van der Waals surface area contributed by atoms with Crippen LogP contribution in [0.25, 0.3) is 5.65 Å². The number of nitrogens with zero attached hydrogens (tertiary/aromatic N) is 4. The zero-order valence-electron chi connectivity index (χ0n) is 12.8. The van der Waals surface area contributed by atoms with Crippen molar-refractivity contribution < 1.29 is 4.79 Å². The summed E-state index contributed by atoms with van der Waals surface area (Å²) in [6.07, 6.45) is 2.84. The zero-order valence-corrected chi connectivity index (χ0v) is 12.8. The SMILES string of the molecule is CCNC(=O)Nc1cn2nc(N3CCC(NC)C3)ccc2n1. The predicted octanol–water partition coefficient (Wildman–Crippen LogP) is 0.669. The summed E-state index contributed by atoms with van der Waals surface area (Å²) in [6.45, 7) is 4.38. The van der Waals surface area contributed by atoms with Crippen LogP contribution in [0.2, 0.25) is 0 Å². The van der Waals surface area contributed by atoms with Crippen molar-refractivity contribution in [3.05, 3.63) is 18.3 Å². The highest BCUT2D eigenvalue weighted by atomic mass is 16.2. The number of fused-ring (bicyclic) bond motifs is 1. The monoisotopic (exact) mass is 303 g/mol. The van der Waals surface area contributed by atoms with Gasteiger partial charge in [-0.2, -0.15) is 0 Å². The van der Waals surface area contributed by atoms with Gasteiger partial charge in [-0.3, -0.25) is 5.32 Å². The van der Waals surface area contributed by atoms with Gasteiger partial charge in [0.05, 0.1) is 6.20 Å². The van der Waals surface area contributed by atoms with Crippen LogP contribution in [0, 0.1) is 0 Å². The fourth-order valence-corrected chi connectivity index (χ4v) is 2.63. The molecule has 1 aliphatic rings. The van der Waals surface area contributed by atoms with E-state index in [1.807, 2.05) is 26.1 Å². The van der Waals surface area contributed by atoms with Gasteiger partial charge >= 0.3 is 6.03 Å². The fourth-order valence-electron chi connectivity index (χ4n) is 2.63. The summed E-state index contributed by atoms with van der Waals surface area (Å²) in [5.74, 6) is 1.41. The van der Waals surface area contributed by atoms with Gasteiger partial charge in [0.1, 0.15) is 5.82 Å². The molecule has 2 aromatic rings. The van der Waals surface area contributed by atoms with Gasteiger partial charge in [0.25, 0.3) is 0 Å². The maximum Gasteiger partial charge on any atom is 0.320 e. The van der Waals surface area contributed by atoms with E-state index in [0.29, 0.717) is 24.1 Å². The minimum Gasteiger partial charge on any atom is -0.354 e. The molecule has 0 spiro atoms. The number of anilines is 2. The second-order valence-electron chi connectivity index (χ2n) is 5.33. The highest BCUT2D eigenvalue weighted by molar-refractivity contribution is 5.88.